The molecule has 24 heavy (non-hydrogen) atoms. The molecule has 7 heteroatoms. The molecule has 0 saturated carbocycles. The normalized spacial score (nSPS) is 11.2. The average molecular weight is 330 g/mol. The molecule has 0 fully saturated rings. The van der Waals surface area contributed by atoms with Gasteiger partial charge in [0.15, 0.2) is 11.5 Å². The molecule has 0 radical (unpaired) electrons. The first-order valence-corrected chi connectivity index (χ1v) is 7.58. The molecule has 3 aromatic rings. The molecule has 2 heterocycles. The third kappa shape index (κ3) is 2.52. The van der Waals surface area contributed by atoms with E-state index in [0.29, 0.717) is 36.1 Å². The molecule has 0 spiro atoms. The lowest BCUT2D eigenvalue weighted by Gasteiger charge is -2.05. The number of aromatic nitrogens is 2. The number of carboxylic acid groups (broad SMARTS) is 1. The summed E-state index contributed by atoms with van der Waals surface area (Å²) >= 11 is 0. The summed E-state index contributed by atoms with van der Waals surface area (Å²) < 4.78 is 11.7. The van der Waals surface area contributed by atoms with Crippen LogP contribution in [0.5, 0.6) is 11.5 Å². The summed E-state index contributed by atoms with van der Waals surface area (Å²) in [5, 5.41) is 21.0. The number of aromatic hydroxyl groups is 1. The van der Waals surface area contributed by atoms with Crippen molar-refractivity contribution in [3.05, 3.63) is 30.1 Å². The van der Waals surface area contributed by atoms with Gasteiger partial charge in [-0.15, -0.1) is 0 Å². The van der Waals surface area contributed by atoms with Gasteiger partial charge in [0.05, 0.1) is 30.4 Å². The van der Waals surface area contributed by atoms with Gasteiger partial charge in [-0.3, -0.25) is 4.98 Å². The third-order valence-electron chi connectivity index (χ3n) is 3.93. The Bertz CT molecular complexity index is 916. The van der Waals surface area contributed by atoms with Gasteiger partial charge in [0.2, 0.25) is 0 Å². The number of carbonyl (C=O) groups is 1. The molecule has 1 aromatic carbocycles. The van der Waals surface area contributed by atoms with Gasteiger partial charge in [-0.05, 0) is 19.1 Å². The van der Waals surface area contributed by atoms with Crippen LogP contribution < -0.4 is 4.74 Å². The molecule has 0 aliphatic heterocycles. The Morgan fingerprint density at radius 3 is 2.79 bits per heavy atom. The van der Waals surface area contributed by atoms with Crippen molar-refractivity contribution >= 4 is 27.9 Å². The fourth-order valence-corrected chi connectivity index (χ4v) is 2.92. The van der Waals surface area contributed by atoms with Crippen LogP contribution in [0.25, 0.3) is 21.8 Å². The number of methoxy groups -OCH3 is 1. The summed E-state index contributed by atoms with van der Waals surface area (Å²) in [6.45, 7) is 3.02. The van der Waals surface area contributed by atoms with Crippen molar-refractivity contribution in [3.8, 4) is 11.5 Å². The van der Waals surface area contributed by atoms with E-state index in [-0.39, 0.29) is 11.5 Å². The van der Waals surface area contributed by atoms with Crippen molar-refractivity contribution in [1.29, 1.82) is 0 Å². The Kier molecular flexibility index (Phi) is 4.26. The van der Waals surface area contributed by atoms with Gasteiger partial charge in [0, 0.05) is 36.1 Å². The molecule has 0 aliphatic carbocycles. The van der Waals surface area contributed by atoms with Crippen LogP contribution in [0.2, 0.25) is 0 Å². The highest BCUT2D eigenvalue weighted by molar-refractivity contribution is 6.14. The van der Waals surface area contributed by atoms with Crippen LogP contribution in [0.1, 0.15) is 12.6 Å². The molecule has 0 aliphatic rings. The maximum atomic E-state index is 11.7. The quantitative estimate of drug-likeness (QED) is 0.699. The molecular formula is C17H18N2O5. The number of hydrogen-bond donors (Lipinski definition) is 2. The summed E-state index contributed by atoms with van der Waals surface area (Å²) in [5.41, 5.74) is 1.66. The first kappa shape index (κ1) is 16.1. The number of nitrogens with zero attached hydrogens (tertiary/aromatic N) is 2. The molecule has 0 saturated heterocycles. The van der Waals surface area contributed by atoms with Crippen LogP contribution in [0, 0.1) is 0 Å². The Morgan fingerprint density at radius 2 is 2.12 bits per heavy atom. The number of fused-ring (bicyclic) bond motifs is 3. The van der Waals surface area contributed by atoms with Crippen LogP contribution >= 0.6 is 0 Å². The summed E-state index contributed by atoms with van der Waals surface area (Å²) in [5.74, 6) is 0.172. The van der Waals surface area contributed by atoms with Crippen molar-refractivity contribution in [3.63, 3.8) is 0 Å². The second-order valence-electron chi connectivity index (χ2n) is 5.26. The molecular weight excluding hydrogens is 312 g/mol. The number of pyridine rings is 1. The van der Waals surface area contributed by atoms with Crippen molar-refractivity contribution in [2.75, 3.05) is 20.3 Å². The van der Waals surface area contributed by atoms with Crippen LogP contribution in [0.4, 0.5) is 4.79 Å². The van der Waals surface area contributed by atoms with Gasteiger partial charge in [-0.1, -0.05) is 0 Å². The highest BCUT2D eigenvalue weighted by Gasteiger charge is 2.20. The van der Waals surface area contributed by atoms with Gasteiger partial charge in [0.1, 0.15) is 0 Å². The van der Waals surface area contributed by atoms with Crippen molar-refractivity contribution < 1.29 is 24.5 Å². The first-order valence-electron chi connectivity index (χ1n) is 7.58. The fraction of sp³-hybridized carbons (Fsp3) is 0.294. The maximum absolute atomic E-state index is 11.7. The molecule has 3 rings (SSSR count). The second-order valence-corrected chi connectivity index (χ2v) is 5.26. The van der Waals surface area contributed by atoms with E-state index in [1.54, 1.807) is 18.3 Å². The molecule has 2 aromatic heterocycles. The Balaban J connectivity index is 2.34. The fourth-order valence-electron chi connectivity index (χ4n) is 2.92. The van der Waals surface area contributed by atoms with Crippen LogP contribution in [0.3, 0.4) is 0 Å². The monoisotopic (exact) mass is 330 g/mol. The van der Waals surface area contributed by atoms with Crippen molar-refractivity contribution in [2.45, 2.75) is 13.3 Å². The van der Waals surface area contributed by atoms with Gasteiger partial charge in [-0.2, -0.15) is 0 Å². The molecule has 126 valence electrons. The second kappa shape index (κ2) is 6.37. The van der Waals surface area contributed by atoms with E-state index in [1.165, 1.54) is 13.2 Å². The van der Waals surface area contributed by atoms with Gasteiger partial charge in [0.25, 0.3) is 0 Å². The van der Waals surface area contributed by atoms with Gasteiger partial charge in [-0.25, -0.2) is 9.36 Å². The van der Waals surface area contributed by atoms with Crippen LogP contribution in [-0.2, 0) is 11.2 Å². The largest absolute Gasteiger partial charge is 0.504 e. The topological polar surface area (TPSA) is 93.8 Å². The van der Waals surface area contributed by atoms with Gasteiger partial charge >= 0.3 is 6.09 Å². The smallest absolute Gasteiger partial charge is 0.416 e. The predicted molar refractivity (Wildman–Crippen MR) is 89.1 cm³/mol. The van der Waals surface area contributed by atoms with E-state index < -0.39 is 6.09 Å². The SMILES string of the molecule is CCOCCc1nccc2c1c1cc(OC)c(O)cc1n2C(=O)O. The van der Waals surface area contributed by atoms with Crippen LogP contribution in [0.15, 0.2) is 24.4 Å². The lowest BCUT2D eigenvalue weighted by Crippen LogP contribution is -2.07. The van der Waals surface area contributed by atoms with E-state index in [1.807, 2.05) is 6.92 Å². The number of ether oxygens (including phenoxy) is 2. The Hall–Kier alpha value is -2.80. The minimum absolute atomic E-state index is 0.112. The average Bonchev–Trinajstić information content (AvgIpc) is 2.88. The zero-order valence-corrected chi connectivity index (χ0v) is 13.4. The van der Waals surface area contributed by atoms with E-state index in [9.17, 15) is 15.0 Å². The minimum atomic E-state index is -1.12. The summed E-state index contributed by atoms with van der Waals surface area (Å²) in [6, 6.07) is 4.68. The standard InChI is InChI=1S/C17H18N2O5/c1-3-24-7-5-11-16-10-8-15(23-2)14(20)9-13(10)19(17(21)22)12(16)4-6-18-11/h4,6,8-9,20H,3,5,7H2,1-2H3,(H,21,22). The number of phenolic OH excluding ortho intramolecular Hbond substituents is 1. The molecule has 7 nitrogen and oxygen atoms in total. The predicted octanol–water partition coefficient (Wildman–Crippen LogP) is 3.01. The zero-order valence-electron chi connectivity index (χ0n) is 13.4. The number of hydrogen-bond acceptors (Lipinski definition) is 5. The lowest BCUT2D eigenvalue weighted by molar-refractivity contribution is 0.150. The minimum Gasteiger partial charge on any atom is -0.504 e. The summed E-state index contributed by atoms with van der Waals surface area (Å²) in [6.07, 6.45) is 1.02. The summed E-state index contributed by atoms with van der Waals surface area (Å²) in [4.78, 5) is 16.1. The molecule has 0 bridgehead atoms. The summed E-state index contributed by atoms with van der Waals surface area (Å²) in [7, 11) is 1.45. The zero-order chi connectivity index (χ0) is 17.3. The molecule has 0 amide bonds. The van der Waals surface area contributed by atoms with Crippen molar-refractivity contribution in [2.24, 2.45) is 0 Å². The number of benzene rings is 1. The Labute approximate surface area is 138 Å². The molecule has 0 unspecified atom stereocenters. The third-order valence-corrected chi connectivity index (χ3v) is 3.93. The maximum Gasteiger partial charge on any atom is 0.416 e. The highest BCUT2D eigenvalue weighted by atomic mass is 16.5. The van der Waals surface area contributed by atoms with E-state index in [0.717, 1.165) is 15.6 Å². The lowest BCUT2D eigenvalue weighted by atomic mass is 10.1. The first-order chi connectivity index (χ1) is 11.6. The highest BCUT2D eigenvalue weighted by Crippen LogP contribution is 2.38. The van der Waals surface area contributed by atoms with Gasteiger partial charge < -0.3 is 19.7 Å². The molecule has 2 N–H and O–H groups in total. The molecule has 0 atom stereocenters. The van der Waals surface area contributed by atoms with Crippen molar-refractivity contribution in [1.82, 2.24) is 9.55 Å². The van der Waals surface area contributed by atoms with E-state index >= 15 is 0 Å². The van der Waals surface area contributed by atoms with E-state index in [4.69, 9.17) is 9.47 Å². The van der Waals surface area contributed by atoms with E-state index in [2.05, 4.69) is 4.98 Å². The number of phenols is 1. The van der Waals surface area contributed by atoms with Crippen LogP contribution in [-0.4, -0.2) is 46.2 Å². The number of rotatable bonds is 5. The Morgan fingerprint density at radius 1 is 1.33 bits per heavy atom.